The zero-order valence-electron chi connectivity index (χ0n) is 9.66. The van der Waals surface area contributed by atoms with E-state index in [-0.39, 0.29) is 0 Å². The van der Waals surface area contributed by atoms with Crippen molar-refractivity contribution in [2.24, 2.45) is 0 Å². The van der Waals surface area contributed by atoms with Crippen molar-refractivity contribution in [2.45, 2.75) is 32.0 Å². The van der Waals surface area contributed by atoms with Gasteiger partial charge in [-0.2, -0.15) is 0 Å². The van der Waals surface area contributed by atoms with E-state index in [1.54, 1.807) is 21.0 Å². The van der Waals surface area contributed by atoms with Crippen molar-refractivity contribution < 1.29 is 14.9 Å². The van der Waals surface area contributed by atoms with Gasteiger partial charge in [-0.25, -0.2) is 0 Å². The first-order valence-corrected chi connectivity index (χ1v) is 4.93. The first-order chi connectivity index (χ1) is 6.35. The van der Waals surface area contributed by atoms with Gasteiger partial charge >= 0.3 is 0 Å². The molecule has 0 radical (unpaired) electrons. The van der Waals surface area contributed by atoms with E-state index in [0.29, 0.717) is 19.6 Å². The molecule has 0 aliphatic heterocycles. The predicted octanol–water partition coefficient (Wildman–Crippen LogP) is 0.0865. The van der Waals surface area contributed by atoms with Crippen LogP contribution in [0.5, 0.6) is 0 Å². The number of hydrogen-bond donors (Lipinski definition) is 2. The summed E-state index contributed by atoms with van der Waals surface area (Å²) in [6.45, 7) is 5.26. The molecule has 0 aliphatic carbocycles. The van der Waals surface area contributed by atoms with E-state index < -0.39 is 11.7 Å². The first kappa shape index (κ1) is 13.8. The van der Waals surface area contributed by atoms with E-state index in [1.807, 2.05) is 11.9 Å². The van der Waals surface area contributed by atoms with Crippen molar-refractivity contribution in [3.05, 3.63) is 0 Å². The van der Waals surface area contributed by atoms with Crippen molar-refractivity contribution >= 4 is 0 Å². The fraction of sp³-hybridized carbons (Fsp3) is 1.00. The molecule has 86 valence electrons. The smallest absolute Gasteiger partial charge is 0.0899 e. The number of methoxy groups -OCH3 is 1. The molecule has 0 aromatic heterocycles. The fourth-order valence-corrected chi connectivity index (χ4v) is 1.16. The normalized spacial score (nSPS) is 14.8. The van der Waals surface area contributed by atoms with Gasteiger partial charge in [0.25, 0.3) is 0 Å². The highest BCUT2D eigenvalue weighted by atomic mass is 16.5. The lowest BCUT2D eigenvalue weighted by Crippen LogP contribution is -2.35. The molecule has 14 heavy (non-hydrogen) atoms. The molecule has 0 rings (SSSR count). The Morgan fingerprint density at radius 3 is 2.43 bits per heavy atom. The van der Waals surface area contributed by atoms with E-state index in [1.165, 1.54) is 0 Å². The van der Waals surface area contributed by atoms with Gasteiger partial charge in [-0.3, -0.25) is 0 Å². The highest BCUT2D eigenvalue weighted by Crippen LogP contribution is 2.07. The van der Waals surface area contributed by atoms with Crippen molar-refractivity contribution in [3.63, 3.8) is 0 Å². The third-order valence-corrected chi connectivity index (χ3v) is 1.99. The van der Waals surface area contributed by atoms with Crippen LogP contribution in [0.15, 0.2) is 0 Å². The molecule has 0 bridgehead atoms. The van der Waals surface area contributed by atoms with Gasteiger partial charge in [0.15, 0.2) is 0 Å². The van der Waals surface area contributed by atoms with Crippen LogP contribution >= 0.6 is 0 Å². The molecule has 0 fully saturated rings. The highest BCUT2D eigenvalue weighted by Gasteiger charge is 2.14. The summed E-state index contributed by atoms with van der Waals surface area (Å²) in [4.78, 5) is 1.99. The lowest BCUT2D eigenvalue weighted by Gasteiger charge is -2.24. The molecule has 0 saturated heterocycles. The highest BCUT2D eigenvalue weighted by molar-refractivity contribution is 4.68. The molecule has 0 aromatic rings. The lowest BCUT2D eigenvalue weighted by atomic mass is 10.1. The second-order valence-corrected chi connectivity index (χ2v) is 4.43. The molecule has 0 spiro atoms. The maximum Gasteiger partial charge on any atom is 0.0899 e. The number of aliphatic hydroxyl groups excluding tert-OH is 1. The monoisotopic (exact) mass is 205 g/mol. The van der Waals surface area contributed by atoms with Crippen molar-refractivity contribution in [1.29, 1.82) is 0 Å². The van der Waals surface area contributed by atoms with Crippen LogP contribution in [0.2, 0.25) is 0 Å². The summed E-state index contributed by atoms with van der Waals surface area (Å²) in [5.74, 6) is 0. The number of nitrogens with zero attached hydrogens (tertiary/aromatic N) is 1. The van der Waals surface area contributed by atoms with Crippen LogP contribution in [0.1, 0.15) is 20.3 Å². The molecular formula is C10H23NO3. The van der Waals surface area contributed by atoms with E-state index >= 15 is 0 Å². The molecule has 0 aromatic carbocycles. The maximum atomic E-state index is 9.49. The molecule has 1 unspecified atom stereocenters. The van der Waals surface area contributed by atoms with Crippen LogP contribution in [0, 0.1) is 0 Å². The summed E-state index contributed by atoms with van der Waals surface area (Å²) >= 11 is 0. The van der Waals surface area contributed by atoms with Crippen LogP contribution in [0.25, 0.3) is 0 Å². The van der Waals surface area contributed by atoms with Crippen LogP contribution in [-0.2, 0) is 4.74 Å². The average Bonchev–Trinajstić information content (AvgIpc) is 2.00. The van der Waals surface area contributed by atoms with Gasteiger partial charge in [-0.1, -0.05) is 0 Å². The molecule has 1 atom stereocenters. The maximum absolute atomic E-state index is 9.49. The number of hydrogen-bond acceptors (Lipinski definition) is 4. The summed E-state index contributed by atoms with van der Waals surface area (Å²) in [5, 5.41) is 18.9. The summed E-state index contributed by atoms with van der Waals surface area (Å²) < 4.78 is 4.82. The van der Waals surface area contributed by atoms with Gasteiger partial charge in [0, 0.05) is 20.2 Å². The molecule has 0 aliphatic rings. The van der Waals surface area contributed by atoms with Gasteiger partial charge in [-0.05, 0) is 27.3 Å². The number of aliphatic hydroxyl groups is 2. The summed E-state index contributed by atoms with van der Waals surface area (Å²) in [6, 6.07) is 0. The Bertz CT molecular complexity index is 145. The number of ether oxygens (including phenoxy) is 1. The minimum atomic E-state index is -0.638. The third kappa shape index (κ3) is 8.44. The van der Waals surface area contributed by atoms with Gasteiger partial charge in [0.2, 0.25) is 0 Å². The summed E-state index contributed by atoms with van der Waals surface area (Å²) in [6.07, 6.45) is 0.246. The standard InChI is InChI=1S/C10H23NO3/c1-10(2,13)5-6-11(3)7-9(12)8-14-4/h9,12-13H,5-8H2,1-4H3. The number of rotatable bonds is 7. The van der Waals surface area contributed by atoms with E-state index in [9.17, 15) is 10.2 Å². The topological polar surface area (TPSA) is 52.9 Å². The van der Waals surface area contributed by atoms with Crippen molar-refractivity contribution in [2.75, 3.05) is 33.9 Å². The quantitative estimate of drug-likeness (QED) is 0.618. The minimum Gasteiger partial charge on any atom is -0.390 e. The Labute approximate surface area is 86.5 Å². The molecule has 0 amide bonds. The van der Waals surface area contributed by atoms with Crippen molar-refractivity contribution in [3.8, 4) is 0 Å². The van der Waals surface area contributed by atoms with Crippen LogP contribution in [-0.4, -0.2) is 60.7 Å². The predicted molar refractivity (Wildman–Crippen MR) is 56.3 cm³/mol. The van der Waals surface area contributed by atoms with E-state index in [0.717, 1.165) is 6.54 Å². The SMILES string of the molecule is COCC(O)CN(C)CCC(C)(C)O. The molecule has 4 heteroatoms. The second-order valence-electron chi connectivity index (χ2n) is 4.43. The summed E-state index contributed by atoms with van der Waals surface area (Å²) in [7, 11) is 3.49. The van der Waals surface area contributed by atoms with Crippen molar-refractivity contribution in [1.82, 2.24) is 4.90 Å². The van der Waals surface area contributed by atoms with E-state index in [4.69, 9.17) is 4.74 Å². The lowest BCUT2D eigenvalue weighted by molar-refractivity contribution is 0.0292. The molecule has 2 N–H and O–H groups in total. The van der Waals surface area contributed by atoms with Crippen LogP contribution < -0.4 is 0 Å². The zero-order valence-corrected chi connectivity index (χ0v) is 9.66. The first-order valence-electron chi connectivity index (χ1n) is 4.93. The summed E-state index contributed by atoms with van der Waals surface area (Å²) in [5.41, 5.74) is -0.638. The Kier molecular flexibility index (Phi) is 6.27. The van der Waals surface area contributed by atoms with Gasteiger partial charge in [0.05, 0.1) is 18.3 Å². The van der Waals surface area contributed by atoms with Crippen LogP contribution in [0.4, 0.5) is 0 Å². The largest absolute Gasteiger partial charge is 0.390 e. The van der Waals surface area contributed by atoms with Gasteiger partial charge < -0.3 is 19.8 Å². The Balaban J connectivity index is 3.59. The number of likely N-dealkylation sites (N-methyl/N-ethyl adjacent to an activating group) is 1. The van der Waals surface area contributed by atoms with Gasteiger partial charge in [0.1, 0.15) is 0 Å². The molecule has 4 nitrogen and oxygen atoms in total. The fourth-order valence-electron chi connectivity index (χ4n) is 1.16. The zero-order chi connectivity index (χ0) is 11.2. The van der Waals surface area contributed by atoms with E-state index in [2.05, 4.69) is 0 Å². The van der Waals surface area contributed by atoms with Crippen LogP contribution in [0.3, 0.4) is 0 Å². The minimum absolute atomic E-state index is 0.354. The third-order valence-electron chi connectivity index (χ3n) is 1.99. The Hall–Kier alpha value is -0.160. The second kappa shape index (κ2) is 6.35. The Morgan fingerprint density at radius 1 is 1.43 bits per heavy atom. The van der Waals surface area contributed by atoms with Gasteiger partial charge in [-0.15, -0.1) is 0 Å². The molecular weight excluding hydrogens is 182 g/mol. The Morgan fingerprint density at radius 2 is 2.00 bits per heavy atom. The average molecular weight is 205 g/mol. The molecule has 0 saturated carbocycles. The molecule has 0 heterocycles.